The summed E-state index contributed by atoms with van der Waals surface area (Å²) < 4.78 is 6.76. The number of fused-ring (bicyclic) bond motifs is 1. The second-order valence-corrected chi connectivity index (χ2v) is 16.8. The Morgan fingerprint density at radius 2 is 1.67 bits per heavy atom. The first kappa shape index (κ1) is 28.6. The Labute approximate surface area is 235 Å². The lowest BCUT2D eigenvalue weighted by Gasteiger charge is -2.38. The maximum atomic E-state index is 9.38. The maximum Gasteiger partial charge on any atom is 0.250 e. The van der Waals surface area contributed by atoms with Crippen LogP contribution in [0.15, 0.2) is 60.7 Å². The summed E-state index contributed by atoms with van der Waals surface area (Å²) in [6, 6.07) is 25.1. The molecule has 0 N–H and O–H groups in total. The number of benzene rings is 2. The summed E-state index contributed by atoms with van der Waals surface area (Å²) in [5, 5.41) is 18.7. The van der Waals surface area contributed by atoms with Crippen molar-refractivity contribution in [3.05, 3.63) is 94.3 Å². The third kappa shape index (κ3) is 6.95. The van der Waals surface area contributed by atoms with Gasteiger partial charge in [-0.25, -0.2) is 4.98 Å². The second-order valence-electron chi connectivity index (χ2n) is 12.1. The fraction of sp³-hybridized carbons (Fsp3) is 0.424. The summed E-state index contributed by atoms with van der Waals surface area (Å²) in [4.78, 5) is 7.25. The molecular formula is C33H40N4OSi. The first-order valence-electron chi connectivity index (χ1n) is 14.0. The van der Waals surface area contributed by atoms with Gasteiger partial charge in [0, 0.05) is 24.8 Å². The van der Waals surface area contributed by atoms with Gasteiger partial charge in [0.25, 0.3) is 0 Å². The molecule has 0 unspecified atom stereocenters. The van der Waals surface area contributed by atoms with Gasteiger partial charge < -0.3 is 4.43 Å². The van der Waals surface area contributed by atoms with Crippen LogP contribution in [0.3, 0.4) is 0 Å². The molecule has 1 aromatic heterocycles. The van der Waals surface area contributed by atoms with Crippen LogP contribution in [-0.4, -0.2) is 31.3 Å². The molecule has 3 aromatic rings. The predicted molar refractivity (Wildman–Crippen MR) is 159 cm³/mol. The van der Waals surface area contributed by atoms with Gasteiger partial charge in [0.15, 0.2) is 0 Å². The normalized spacial score (nSPS) is 15.3. The molecule has 0 aliphatic heterocycles. The minimum atomic E-state index is -1.96. The van der Waals surface area contributed by atoms with Gasteiger partial charge in [-0.15, -0.1) is 0 Å². The Hall–Kier alpha value is -3.45. The summed E-state index contributed by atoms with van der Waals surface area (Å²) in [6.45, 7) is 13.2. The van der Waals surface area contributed by atoms with E-state index in [9.17, 15) is 10.5 Å². The van der Waals surface area contributed by atoms with Gasteiger partial charge in [-0.3, -0.25) is 4.90 Å². The molecule has 39 heavy (non-hydrogen) atoms. The monoisotopic (exact) mass is 536 g/mol. The molecule has 0 fully saturated rings. The van der Waals surface area contributed by atoms with Crippen LogP contribution in [0.5, 0.6) is 5.75 Å². The van der Waals surface area contributed by atoms with E-state index in [-0.39, 0.29) is 11.1 Å². The van der Waals surface area contributed by atoms with Gasteiger partial charge in [-0.2, -0.15) is 10.5 Å². The van der Waals surface area contributed by atoms with Crippen LogP contribution in [0, 0.1) is 22.7 Å². The first-order chi connectivity index (χ1) is 18.6. The Morgan fingerprint density at radius 1 is 0.949 bits per heavy atom. The lowest BCUT2D eigenvalue weighted by atomic mass is 9.89. The molecule has 1 aliphatic rings. The smallest absolute Gasteiger partial charge is 0.250 e. The second kappa shape index (κ2) is 12.2. The molecule has 6 heteroatoms. The number of para-hydroxylation sites is 1. The summed E-state index contributed by atoms with van der Waals surface area (Å²) >= 11 is 0. The Balaban J connectivity index is 1.58. The highest BCUT2D eigenvalue weighted by atomic mass is 28.4. The van der Waals surface area contributed by atoms with E-state index < -0.39 is 8.32 Å². The fourth-order valence-electron chi connectivity index (χ4n) is 5.02. The van der Waals surface area contributed by atoms with Crippen molar-refractivity contribution in [1.29, 1.82) is 10.5 Å². The third-order valence-corrected chi connectivity index (χ3v) is 12.7. The van der Waals surface area contributed by atoms with Crippen LogP contribution in [0.1, 0.15) is 73.3 Å². The van der Waals surface area contributed by atoms with E-state index in [4.69, 9.17) is 4.43 Å². The Kier molecular flexibility index (Phi) is 8.90. The third-order valence-electron chi connectivity index (χ3n) is 8.40. The van der Waals surface area contributed by atoms with Gasteiger partial charge >= 0.3 is 0 Å². The van der Waals surface area contributed by atoms with E-state index in [1.54, 1.807) is 0 Å². The standard InChI is InChI=1S/C33H40N4OSi/c1-33(2,3)39(4,5)38-32-12-7-6-9-27(32)20-22-37(21-19-25-13-15-26(23-34)16-14-25)31-11-8-10-30-29(31)18-17-28(24-35)36-30/h6-7,9,12-18,31H,8,10-11,19-22H2,1-5H3/t31-/m0/s1. The van der Waals surface area contributed by atoms with Crippen LogP contribution in [0.25, 0.3) is 0 Å². The lowest BCUT2D eigenvalue weighted by Crippen LogP contribution is -2.44. The van der Waals surface area contributed by atoms with E-state index >= 15 is 0 Å². The minimum absolute atomic E-state index is 0.133. The number of rotatable bonds is 9. The van der Waals surface area contributed by atoms with Crippen molar-refractivity contribution in [2.45, 2.75) is 77.0 Å². The molecule has 202 valence electrons. The average molecular weight is 537 g/mol. The van der Waals surface area contributed by atoms with Gasteiger partial charge in [-0.05, 0) is 91.2 Å². The first-order valence-corrected chi connectivity index (χ1v) is 16.9. The Bertz CT molecular complexity index is 1360. The van der Waals surface area contributed by atoms with Crippen LogP contribution >= 0.6 is 0 Å². The molecule has 1 atom stereocenters. The predicted octanol–water partition coefficient (Wildman–Crippen LogP) is 7.37. The van der Waals surface area contributed by atoms with Crippen molar-refractivity contribution < 1.29 is 4.43 Å². The molecule has 0 saturated heterocycles. The SMILES string of the molecule is CC(C)(C)[Si](C)(C)Oc1ccccc1CCN(CCc1ccc(C#N)cc1)[C@H]1CCCc2nc(C#N)ccc21. The zero-order valence-electron chi connectivity index (χ0n) is 24.0. The van der Waals surface area contributed by atoms with Crippen LogP contribution in [0.2, 0.25) is 18.1 Å². The molecule has 2 aromatic carbocycles. The number of hydrogen-bond acceptors (Lipinski definition) is 5. The molecule has 0 spiro atoms. The molecule has 5 nitrogen and oxygen atoms in total. The number of hydrogen-bond donors (Lipinski definition) is 0. The molecule has 1 aliphatic carbocycles. The van der Waals surface area contributed by atoms with Crippen molar-refractivity contribution in [3.8, 4) is 17.9 Å². The van der Waals surface area contributed by atoms with E-state index in [2.05, 4.69) is 98.4 Å². The average Bonchev–Trinajstić information content (AvgIpc) is 2.93. The van der Waals surface area contributed by atoms with Crippen molar-refractivity contribution in [2.75, 3.05) is 13.1 Å². The summed E-state index contributed by atoms with van der Waals surface area (Å²) in [5.41, 5.74) is 5.99. The maximum absolute atomic E-state index is 9.38. The summed E-state index contributed by atoms with van der Waals surface area (Å²) in [7, 11) is -1.96. The number of nitrogens with zero attached hydrogens (tertiary/aromatic N) is 4. The number of nitriles is 2. The minimum Gasteiger partial charge on any atom is -0.543 e. The van der Waals surface area contributed by atoms with Crippen molar-refractivity contribution >= 4 is 8.32 Å². The summed E-state index contributed by atoms with van der Waals surface area (Å²) in [6.07, 6.45) is 4.87. The van der Waals surface area contributed by atoms with Crippen LogP contribution in [0.4, 0.5) is 0 Å². The zero-order valence-corrected chi connectivity index (χ0v) is 25.0. The van der Waals surface area contributed by atoms with E-state index in [1.807, 2.05) is 18.2 Å². The highest BCUT2D eigenvalue weighted by molar-refractivity contribution is 6.74. The van der Waals surface area contributed by atoms with Crippen molar-refractivity contribution in [2.24, 2.45) is 0 Å². The molecule has 4 rings (SSSR count). The molecule has 0 radical (unpaired) electrons. The molecule has 0 saturated carbocycles. The van der Waals surface area contributed by atoms with Crippen molar-refractivity contribution in [1.82, 2.24) is 9.88 Å². The Morgan fingerprint density at radius 3 is 2.36 bits per heavy atom. The topological polar surface area (TPSA) is 72.9 Å². The molecule has 0 amide bonds. The largest absolute Gasteiger partial charge is 0.543 e. The highest BCUT2D eigenvalue weighted by Crippen LogP contribution is 2.39. The van der Waals surface area contributed by atoms with Gasteiger partial charge in [0.2, 0.25) is 8.32 Å². The fourth-order valence-corrected chi connectivity index (χ4v) is 6.07. The number of aryl methyl sites for hydroxylation is 1. The highest BCUT2D eigenvalue weighted by Gasteiger charge is 2.39. The van der Waals surface area contributed by atoms with E-state index in [1.165, 1.54) is 16.7 Å². The van der Waals surface area contributed by atoms with Gasteiger partial charge in [0.1, 0.15) is 17.5 Å². The molecular weight excluding hydrogens is 496 g/mol. The van der Waals surface area contributed by atoms with Crippen molar-refractivity contribution in [3.63, 3.8) is 0 Å². The number of pyridine rings is 1. The summed E-state index contributed by atoms with van der Waals surface area (Å²) in [5.74, 6) is 1.01. The van der Waals surface area contributed by atoms with E-state index in [0.717, 1.165) is 56.6 Å². The van der Waals surface area contributed by atoms with Gasteiger partial charge in [-0.1, -0.05) is 57.2 Å². The van der Waals surface area contributed by atoms with Crippen LogP contribution < -0.4 is 4.43 Å². The lowest BCUT2D eigenvalue weighted by molar-refractivity contribution is 0.181. The van der Waals surface area contributed by atoms with Gasteiger partial charge in [0.05, 0.1) is 11.6 Å². The van der Waals surface area contributed by atoms with Crippen LogP contribution in [-0.2, 0) is 19.3 Å². The molecule has 1 heterocycles. The quantitative estimate of drug-likeness (QED) is 0.267. The van der Waals surface area contributed by atoms with E-state index in [0.29, 0.717) is 11.3 Å². The zero-order chi connectivity index (χ0) is 28.0. The molecule has 0 bridgehead atoms. The number of aromatic nitrogens is 1.